The summed E-state index contributed by atoms with van der Waals surface area (Å²) >= 11 is 0. The Morgan fingerprint density at radius 1 is 1.48 bits per heavy atom. The highest BCUT2D eigenvalue weighted by molar-refractivity contribution is 7.89. The van der Waals surface area contributed by atoms with E-state index in [1.54, 1.807) is 23.0 Å². The Labute approximate surface area is 124 Å². The molecule has 7 heteroatoms. The highest BCUT2D eigenvalue weighted by Crippen LogP contribution is 2.25. The lowest BCUT2D eigenvalue weighted by molar-refractivity contribution is 0.494. The predicted molar refractivity (Wildman–Crippen MR) is 80.6 cm³/mol. The molecule has 1 aromatic heterocycles. The van der Waals surface area contributed by atoms with Gasteiger partial charge in [0, 0.05) is 30.7 Å². The minimum Gasteiger partial charge on any atom is -0.384 e. The van der Waals surface area contributed by atoms with Crippen LogP contribution in [0.2, 0.25) is 0 Å². The van der Waals surface area contributed by atoms with Crippen molar-refractivity contribution in [3.63, 3.8) is 0 Å². The monoisotopic (exact) mass is 306 g/mol. The van der Waals surface area contributed by atoms with Crippen molar-refractivity contribution < 1.29 is 8.42 Å². The van der Waals surface area contributed by atoms with Gasteiger partial charge in [0.25, 0.3) is 0 Å². The third-order valence-corrected chi connectivity index (χ3v) is 5.07. The lowest BCUT2D eigenvalue weighted by Crippen LogP contribution is -2.35. The first-order chi connectivity index (χ1) is 10.0. The van der Waals surface area contributed by atoms with Crippen LogP contribution < -0.4 is 10.0 Å². The van der Waals surface area contributed by atoms with Gasteiger partial charge in [0.15, 0.2) is 0 Å². The van der Waals surface area contributed by atoms with Crippen molar-refractivity contribution in [1.82, 2.24) is 14.5 Å². The maximum absolute atomic E-state index is 12.4. The van der Waals surface area contributed by atoms with Crippen molar-refractivity contribution in [3.05, 3.63) is 42.2 Å². The maximum atomic E-state index is 12.4. The van der Waals surface area contributed by atoms with Crippen LogP contribution in [0, 0.1) is 0 Å². The summed E-state index contributed by atoms with van der Waals surface area (Å²) in [5.74, 6) is 0. The molecule has 1 unspecified atom stereocenters. The maximum Gasteiger partial charge on any atom is 0.240 e. The van der Waals surface area contributed by atoms with Gasteiger partial charge in [0.1, 0.15) is 0 Å². The molecule has 0 saturated heterocycles. The number of aromatic nitrogens is 2. The van der Waals surface area contributed by atoms with Crippen molar-refractivity contribution in [3.8, 4) is 0 Å². The molecule has 0 saturated carbocycles. The molecule has 1 aromatic carbocycles. The zero-order valence-corrected chi connectivity index (χ0v) is 12.6. The Morgan fingerprint density at radius 2 is 2.33 bits per heavy atom. The Balaban J connectivity index is 1.74. The second-order valence-corrected chi connectivity index (χ2v) is 6.96. The lowest BCUT2D eigenvalue weighted by Gasteiger charge is -2.15. The van der Waals surface area contributed by atoms with Crippen LogP contribution in [0.15, 0.2) is 41.6 Å². The minimum atomic E-state index is -3.52. The van der Waals surface area contributed by atoms with E-state index in [0.717, 1.165) is 18.7 Å². The first kappa shape index (κ1) is 14.1. The third kappa shape index (κ3) is 3.08. The van der Waals surface area contributed by atoms with Gasteiger partial charge in [0.05, 0.1) is 11.4 Å². The molecule has 2 heterocycles. The van der Waals surface area contributed by atoms with Gasteiger partial charge in [-0.25, -0.2) is 13.1 Å². The summed E-state index contributed by atoms with van der Waals surface area (Å²) in [6, 6.07) is 6.81. The van der Waals surface area contributed by atoms with Gasteiger partial charge in [0.2, 0.25) is 10.0 Å². The van der Waals surface area contributed by atoms with Crippen LogP contribution in [-0.4, -0.2) is 30.8 Å². The van der Waals surface area contributed by atoms with Gasteiger partial charge in [-0.15, -0.1) is 0 Å². The topological polar surface area (TPSA) is 76.0 Å². The Morgan fingerprint density at radius 3 is 3.10 bits per heavy atom. The van der Waals surface area contributed by atoms with Gasteiger partial charge in [-0.1, -0.05) is 6.07 Å². The summed E-state index contributed by atoms with van der Waals surface area (Å²) in [6.45, 7) is 3.18. The molecule has 0 spiro atoms. The van der Waals surface area contributed by atoms with E-state index in [0.29, 0.717) is 11.4 Å². The van der Waals surface area contributed by atoms with Crippen LogP contribution in [0.4, 0.5) is 5.69 Å². The molecule has 0 bridgehead atoms. The van der Waals surface area contributed by atoms with E-state index >= 15 is 0 Å². The zero-order valence-electron chi connectivity index (χ0n) is 11.8. The van der Waals surface area contributed by atoms with E-state index < -0.39 is 10.0 Å². The van der Waals surface area contributed by atoms with E-state index in [9.17, 15) is 8.42 Å². The quantitative estimate of drug-likeness (QED) is 0.871. The van der Waals surface area contributed by atoms with E-state index in [1.807, 2.05) is 25.3 Å². The zero-order chi connectivity index (χ0) is 14.9. The number of nitrogens with one attached hydrogen (secondary N) is 2. The molecule has 2 N–H and O–H groups in total. The lowest BCUT2D eigenvalue weighted by atomic mass is 10.2. The summed E-state index contributed by atoms with van der Waals surface area (Å²) in [4.78, 5) is 0.294. The standard InChI is InChI=1S/C14H18N4O2S/c1-11(10-18-8-2-6-16-18)17-21(19,20)13-4-3-12-5-7-15-14(12)9-13/h2-4,6,8-9,11,15,17H,5,7,10H2,1H3. The summed E-state index contributed by atoms with van der Waals surface area (Å²) in [6.07, 6.45) is 4.43. The second-order valence-electron chi connectivity index (χ2n) is 5.25. The van der Waals surface area contributed by atoms with Crippen LogP contribution in [-0.2, 0) is 23.0 Å². The molecule has 0 fully saturated rings. The van der Waals surface area contributed by atoms with Gasteiger partial charge in [-0.2, -0.15) is 5.10 Å². The molecule has 0 amide bonds. The van der Waals surface area contributed by atoms with E-state index in [4.69, 9.17) is 0 Å². The van der Waals surface area contributed by atoms with E-state index in [2.05, 4.69) is 15.1 Å². The number of anilines is 1. The summed E-state index contributed by atoms with van der Waals surface area (Å²) in [7, 11) is -3.52. The summed E-state index contributed by atoms with van der Waals surface area (Å²) in [5, 5.41) is 7.27. The fourth-order valence-corrected chi connectivity index (χ4v) is 3.76. The number of rotatable bonds is 5. The van der Waals surface area contributed by atoms with E-state index in [-0.39, 0.29) is 6.04 Å². The van der Waals surface area contributed by atoms with Crippen LogP contribution in [0.25, 0.3) is 0 Å². The first-order valence-corrected chi connectivity index (χ1v) is 8.39. The molecule has 3 rings (SSSR count). The fourth-order valence-electron chi connectivity index (χ4n) is 2.50. The molecule has 1 atom stereocenters. The van der Waals surface area contributed by atoms with Crippen molar-refractivity contribution in [1.29, 1.82) is 0 Å². The minimum absolute atomic E-state index is 0.240. The van der Waals surface area contributed by atoms with Gasteiger partial charge < -0.3 is 5.32 Å². The largest absolute Gasteiger partial charge is 0.384 e. The van der Waals surface area contributed by atoms with Crippen LogP contribution >= 0.6 is 0 Å². The highest BCUT2D eigenvalue weighted by atomic mass is 32.2. The van der Waals surface area contributed by atoms with Gasteiger partial charge >= 0.3 is 0 Å². The number of hydrogen-bond acceptors (Lipinski definition) is 4. The normalized spacial score (nSPS) is 15.5. The van der Waals surface area contributed by atoms with Crippen molar-refractivity contribution >= 4 is 15.7 Å². The van der Waals surface area contributed by atoms with Crippen molar-refractivity contribution in [2.45, 2.75) is 30.8 Å². The number of hydrogen-bond donors (Lipinski definition) is 2. The van der Waals surface area contributed by atoms with Gasteiger partial charge in [-0.05, 0) is 37.1 Å². The molecule has 21 heavy (non-hydrogen) atoms. The van der Waals surface area contributed by atoms with E-state index in [1.165, 1.54) is 5.56 Å². The van der Waals surface area contributed by atoms with Crippen molar-refractivity contribution in [2.75, 3.05) is 11.9 Å². The average molecular weight is 306 g/mol. The molecule has 2 aromatic rings. The first-order valence-electron chi connectivity index (χ1n) is 6.91. The third-order valence-electron chi connectivity index (χ3n) is 3.48. The number of benzene rings is 1. The molecular formula is C14H18N4O2S. The molecule has 6 nitrogen and oxygen atoms in total. The van der Waals surface area contributed by atoms with Crippen LogP contribution in [0.1, 0.15) is 12.5 Å². The molecule has 1 aliphatic rings. The molecule has 1 aliphatic heterocycles. The second kappa shape index (κ2) is 5.50. The van der Waals surface area contributed by atoms with Crippen LogP contribution in [0.5, 0.6) is 0 Å². The molecule has 0 radical (unpaired) electrons. The number of sulfonamides is 1. The highest BCUT2D eigenvalue weighted by Gasteiger charge is 2.20. The van der Waals surface area contributed by atoms with Gasteiger partial charge in [-0.3, -0.25) is 4.68 Å². The predicted octanol–water partition coefficient (Wildman–Crippen LogP) is 1.22. The number of nitrogens with zero attached hydrogens (tertiary/aromatic N) is 2. The van der Waals surface area contributed by atoms with Crippen LogP contribution in [0.3, 0.4) is 0 Å². The Bertz CT molecular complexity index is 725. The molecule has 112 valence electrons. The average Bonchev–Trinajstić information content (AvgIpc) is 3.07. The smallest absolute Gasteiger partial charge is 0.240 e. The Kier molecular flexibility index (Phi) is 3.69. The molecular weight excluding hydrogens is 288 g/mol. The summed E-state index contributed by atoms with van der Waals surface area (Å²) in [5.41, 5.74) is 2.08. The van der Waals surface area contributed by atoms with Crippen molar-refractivity contribution in [2.24, 2.45) is 0 Å². The summed E-state index contributed by atoms with van der Waals surface area (Å²) < 4.78 is 29.2. The molecule has 0 aliphatic carbocycles. The Hall–Kier alpha value is -1.86. The number of fused-ring (bicyclic) bond motifs is 1. The SMILES string of the molecule is CC(Cn1cccn1)NS(=O)(=O)c1ccc2c(c1)NCC2. The fraction of sp³-hybridized carbons (Fsp3) is 0.357.